The number of hydrogen-bond acceptors (Lipinski definition) is 4. The van der Waals surface area contributed by atoms with Crippen LogP contribution in [0, 0.1) is 0 Å². The molecule has 2 heterocycles. The number of hydrogen-bond donors (Lipinski definition) is 1. The Labute approximate surface area is 170 Å². The van der Waals surface area contributed by atoms with Crippen LogP contribution in [0.4, 0.5) is 0 Å². The molecule has 0 unspecified atom stereocenters. The number of H-pyrrole nitrogens is 1. The van der Waals surface area contributed by atoms with E-state index in [4.69, 9.17) is 14.5 Å². The molecule has 4 rings (SSSR count). The smallest absolute Gasteiger partial charge is 0.222 e. The first kappa shape index (κ1) is 19.3. The van der Waals surface area contributed by atoms with Crippen molar-refractivity contribution in [1.29, 1.82) is 0 Å². The summed E-state index contributed by atoms with van der Waals surface area (Å²) in [4.78, 5) is 22.8. The SMILES string of the molecule is COc1ccc(CCC(=O)N2CCC(c3nc4ccccc4[nH]3)CC2)cc1OC. The van der Waals surface area contributed by atoms with Gasteiger partial charge in [0.15, 0.2) is 11.5 Å². The number of para-hydroxylation sites is 2. The largest absolute Gasteiger partial charge is 0.493 e. The molecule has 6 heteroatoms. The molecule has 1 amide bonds. The quantitative estimate of drug-likeness (QED) is 0.689. The molecule has 1 saturated heterocycles. The van der Waals surface area contributed by atoms with Crippen molar-refractivity contribution in [3.8, 4) is 11.5 Å². The average Bonchev–Trinajstić information content (AvgIpc) is 3.21. The lowest BCUT2D eigenvalue weighted by atomic mass is 9.95. The van der Waals surface area contributed by atoms with Gasteiger partial charge >= 0.3 is 0 Å². The Morgan fingerprint density at radius 2 is 1.86 bits per heavy atom. The van der Waals surface area contributed by atoms with Crippen LogP contribution in [0.1, 0.15) is 36.6 Å². The minimum atomic E-state index is 0.211. The van der Waals surface area contributed by atoms with E-state index in [1.807, 2.05) is 41.3 Å². The fourth-order valence-corrected chi connectivity index (χ4v) is 4.01. The van der Waals surface area contributed by atoms with Crippen molar-refractivity contribution < 1.29 is 14.3 Å². The number of aromatic nitrogens is 2. The Hall–Kier alpha value is -3.02. The number of piperidine rings is 1. The number of aromatic amines is 1. The molecule has 1 aliphatic heterocycles. The number of methoxy groups -OCH3 is 2. The first-order valence-electron chi connectivity index (χ1n) is 10.1. The summed E-state index contributed by atoms with van der Waals surface area (Å²) in [5, 5.41) is 0. The Bertz CT molecular complexity index is 957. The van der Waals surface area contributed by atoms with E-state index in [9.17, 15) is 4.79 Å². The van der Waals surface area contributed by atoms with Crippen molar-refractivity contribution in [3.05, 3.63) is 53.9 Å². The second kappa shape index (κ2) is 8.55. The maximum absolute atomic E-state index is 12.7. The van der Waals surface area contributed by atoms with Crippen molar-refractivity contribution in [2.45, 2.75) is 31.6 Å². The summed E-state index contributed by atoms with van der Waals surface area (Å²) in [6.45, 7) is 1.57. The normalized spacial score (nSPS) is 14.9. The van der Waals surface area contributed by atoms with E-state index >= 15 is 0 Å². The van der Waals surface area contributed by atoms with Gasteiger partial charge in [-0.3, -0.25) is 4.79 Å². The number of ether oxygens (including phenoxy) is 2. The van der Waals surface area contributed by atoms with Crippen LogP contribution in [0.2, 0.25) is 0 Å². The molecule has 0 bridgehead atoms. The lowest BCUT2D eigenvalue weighted by Gasteiger charge is -2.31. The lowest BCUT2D eigenvalue weighted by Crippen LogP contribution is -2.38. The van der Waals surface area contributed by atoms with Crippen LogP contribution in [-0.2, 0) is 11.2 Å². The van der Waals surface area contributed by atoms with Crippen LogP contribution >= 0.6 is 0 Å². The highest BCUT2D eigenvalue weighted by Gasteiger charge is 2.25. The summed E-state index contributed by atoms with van der Waals surface area (Å²) in [6, 6.07) is 13.9. The van der Waals surface area contributed by atoms with Gasteiger partial charge < -0.3 is 19.4 Å². The molecule has 2 aromatic carbocycles. The highest BCUT2D eigenvalue weighted by atomic mass is 16.5. The summed E-state index contributed by atoms with van der Waals surface area (Å²) in [6.07, 6.45) is 3.09. The molecule has 29 heavy (non-hydrogen) atoms. The number of rotatable bonds is 6. The number of nitrogens with zero attached hydrogens (tertiary/aromatic N) is 2. The number of benzene rings is 2. The van der Waals surface area contributed by atoms with Gasteiger partial charge in [0.1, 0.15) is 5.82 Å². The number of aryl methyl sites for hydroxylation is 1. The number of fused-ring (bicyclic) bond motifs is 1. The predicted octanol–water partition coefficient (Wildman–Crippen LogP) is 3.92. The molecule has 0 saturated carbocycles. The summed E-state index contributed by atoms with van der Waals surface area (Å²) >= 11 is 0. The van der Waals surface area contributed by atoms with Crippen molar-refractivity contribution in [1.82, 2.24) is 14.9 Å². The first-order chi connectivity index (χ1) is 14.2. The van der Waals surface area contributed by atoms with Gasteiger partial charge in [0, 0.05) is 25.4 Å². The average molecular weight is 393 g/mol. The standard InChI is InChI=1S/C23H27N3O3/c1-28-20-9-7-16(15-21(20)29-2)8-10-22(27)26-13-11-17(12-14-26)23-24-18-5-3-4-6-19(18)25-23/h3-7,9,15,17H,8,10-14H2,1-2H3,(H,24,25). The monoisotopic (exact) mass is 393 g/mol. The van der Waals surface area contributed by atoms with Gasteiger partial charge in [-0.15, -0.1) is 0 Å². The summed E-state index contributed by atoms with van der Waals surface area (Å²) < 4.78 is 10.6. The fourth-order valence-electron chi connectivity index (χ4n) is 4.01. The highest BCUT2D eigenvalue weighted by Crippen LogP contribution is 2.29. The molecule has 152 valence electrons. The van der Waals surface area contributed by atoms with E-state index < -0.39 is 0 Å². The summed E-state index contributed by atoms with van der Waals surface area (Å²) in [5.74, 6) is 3.04. The predicted molar refractivity (Wildman–Crippen MR) is 113 cm³/mol. The van der Waals surface area contributed by atoms with Gasteiger partial charge in [0.25, 0.3) is 0 Å². The summed E-state index contributed by atoms with van der Waals surface area (Å²) in [7, 11) is 3.25. The van der Waals surface area contributed by atoms with Crippen molar-refractivity contribution >= 4 is 16.9 Å². The molecule has 3 aromatic rings. The van der Waals surface area contributed by atoms with Crippen molar-refractivity contribution in [3.63, 3.8) is 0 Å². The van der Waals surface area contributed by atoms with Crippen molar-refractivity contribution in [2.24, 2.45) is 0 Å². The second-order valence-corrected chi connectivity index (χ2v) is 7.48. The van der Waals surface area contributed by atoms with Gasteiger partial charge in [-0.1, -0.05) is 18.2 Å². The molecule has 0 atom stereocenters. The van der Waals surface area contributed by atoms with Gasteiger partial charge in [-0.25, -0.2) is 4.98 Å². The van der Waals surface area contributed by atoms with E-state index in [1.165, 1.54) is 0 Å². The van der Waals surface area contributed by atoms with Crippen LogP contribution in [-0.4, -0.2) is 48.1 Å². The van der Waals surface area contributed by atoms with Gasteiger partial charge in [-0.05, 0) is 49.1 Å². The number of carbonyl (C=O) groups is 1. The number of amides is 1. The fraction of sp³-hybridized carbons (Fsp3) is 0.391. The van der Waals surface area contributed by atoms with E-state index in [1.54, 1.807) is 14.2 Å². The van der Waals surface area contributed by atoms with Crippen LogP contribution < -0.4 is 9.47 Å². The third-order valence-corrected chi connectivity index (χ3v) is 5.72. The molecule has 0 radical (unpaired) electrons. The first-order valence-corrected chi connectivity index (χ1v) is 10.1. The zero-order chi connectivity index (χ0) is 20.2. The Morgan fingerprint density at radius 1 is 1.10 bits per heavy atom. The van der Waals surface area contributed by atoms with Crippen LogP contribution in [0.15, 0.2) is 42.5 Å². The third-order valence-electron chi connectivity index (χ3n) is 5.72. The van der Waals surface area contributed by atoms with Gasteiger partial charge in [0.2, 0.25) is 5.91 Å². The maximum Gasteiger partial charge on any atom is 0.222 e. The Morgan fingerprint density at radius 3 is 2.59 bits per heavy atom. The van der Waals surface area contributed by atoms with E-state index in [-0.39, 0.29) is 5.91 Å². The lowest BCUT2D eigenvalue weighted by molar-refractivity contribution is -0.132. The van der Waals surface area contributed by atoms with Crippen LogP contribution in [0.5, 0.6) is 11.5 Å². The molecule has 0 aliphatic carbocycles. The van der Waals surface area contributed by atoms with Crippen molar-refractivity contribution in [2.75, 3.05) is 27.3 Å². The number of nitrogens with one attached hydrogen (secondary N) is 1. The zero-order valence-corrected chi connectivity index (χ0v) is 17.0. The molecule has 1 aliphatic rings. The molecular formula is C23H27N3O3. The molecule has 6 nitrogen and oxygen atoms in total. The number of imidazole rings is 1. The van der Waals surface area contributed by atoms with E-state index in [0.29, 0.717) is 30.3 Å². The second-order valence-electron chi connectivity index (χ2n) is 7.48. The molecule has 0 spiro atoms. The Kier molecular flexibility index (Phi) is 5.69. The zero-order valence-electron chi connectivity index (χ0n) is 17.0. The van der Waals surface area contributed by atoms with Gasteiger partial charge in [0.05, 0.1) is 25.3 Å². The molecule has 1 N–H and O–H groups in total. The molecule has 1 fully saturated rings. The minimum absolute atomic E-state index is 0.211. The van der Waals surface area contributed by atoms with Gasteiger partial charge in [-0.2, -0.15) is 0 Å². The number of likely N-dealkylation sites (tertiary alicyclic amines) is 1. The van der Waals surface area contributed by atoms with Crippen LogP contribution in [0.3, 0.4) is 0 Å². The minimum Gasteiger partial charge on any atom is -0.493 e. The van der Waals surface area contributed by atoms with E-state index in [0.717, 1.165) is 48.4 Å². The van der Waals surface area contributed by atoms with Crippen LogP contribution in [0.25, 0.3) is 11.0 Å². The summed E-state index contributed by atoms with van der Waals surface area (Å²) in [5.41, 5.74) is 3.17. The number of carbonyl (C=O) groups excluding carboxylic acids is 1. The van der Waals surface area contributed by atoms with E-state index in [2.05, 4.69) is 11.1 Å². The maximum atomic E-state index is 12.7. The third kappa shape index (κ3) is 4.21. The molecular weight excluding hydrogens is 366 g/mol. The highest BCUT2D eigenvalue weighted by molar-refractivity contribution is 5.77. The molecule has 1 aromatic heterocycles. The Balaban J connectivity index is 1.31. The topological polar surface area (TPSA) is 67.5 Å².